The minimum atomic E-state index is -0.105. The molecule has 26 heavy (non-hydrogen) atoms. The molecule has 0 radical (unpaired) electrons. The standard InChI is InChI=1S/C19H21N3O3S/c1-3-16(13-4-6-14(25-2)7-5-13)21-17(23)8-10-22-12-20-18-15(19(22)24)9-11-26-18/h4-7,9,11-12,16H,3,8,10H2,1-2H3,(H,21,23). The van der Waals surface area contributed by atoms with Crippen LogP contribution >= 0.6 is 11.3 Å². The van der Waals surface area contributed by atoms with Crippen molar-refractivity contribution in [3.8, 4) is 5.75 Å². The van der Waals surface area contributed by atoms with E-state index in [4.69, 9.17) is 4.74 Å². The van der Waals surface area contributed by atoms with Gasteiger partial charge in [0.2, 0.25) is 5.91 Å². The number of benzene rings is 1. The van der Waals surface area contributed by atoms with Crippen LogP contribution in [0.2, 0.25) is 0 Å². The van der Waals surface area contributed by atoms with Gasteiger partial charge in [-0.15, -0.1) is 11.3 Å². The van der Waals surface area contributed by atoms with Crippen LogP contribution in [-0.2, 0) is 11.3 Å². The number of carbonyl (C=O) groups excluding carboxylic acids is 1. The summed E-state index contributed by atoms with van der Waals surface area (Å²) in [5.41, 5.74) is 0.923. The van der Waals surface area contributed by atoms with Crippen LogP contribution in [0.15, 0.2) is 46.8 Å². The smallest absolute Gasteiger partial charge is 0.262 e. The first-order chi connectivity index (χ1) is 12.6. The van der Waals surface area contributed by atoms with Gasteiger partial charge in [0.15, 0.2) is 0 Å². The molecule has 1 N–H and O–H groups in total. The maximum atomic E-state index is 12.3. The highest BCUT2D eigenvalue weighted by atomic mass is 32.1. The Morgan fingerprint density at radius 1 is 1.31 bits per heavy atom. The molecule has 2 heterocycles. The number of methoxy groups -OCH3 is 1. The zero-order valence-electron chi connectivity index (χ0n) is 14.8. The van der Waals surface area contributed by atoms with Crippen LogP contribution < -0.4 is 15.6 Å². The van der Waals surface area contributed by atoms with Crippen LogP contribution in [0.5, 0.6) is 5.75 Å². The molecule has 0 spiro atoms. The topological polar surface area (TPSA) is 73.2 Å². The van der Waals surface area contributed by atoms with Crippen molar-refractivity contribution in [3.63, 3.8) is 0 Å². The number of nitrogens with zero attached hydrogens (tertiary/aromatic N) is 2. The molecule has 0 saturated carbocycles. The largest absolute Gasteiger partial charge is 0.497 e. The number of carbonyl (C=O) groups is 1. The van der Waals surface area contributed by atoms with E-state index in [0.717, 1.165) is 22.6 Å². The monoisotopic (exact) mass is 371 g/mol. The molecule has 1 amide bonds. The fourth-order valence-electron chi connectivity index (χ4n) is 2.80. The van der Waals surface area contributed by atoms with Gasteiger partial charge in [-0.3, -0.25) is 14.2 Å². The van der Waals surface area contributed by atoms with E-state index in [-0.39, 0.29) is 23.9 Å². The SMILES string of the molecule is CCC(NC(=O)CCn1cnc2sccc2c1=O)c1ccc(OC)cc1. The number of rotatable bonds is 7. The average Bonchev–Trinajstić information content (AvgIpc) is 3.15. The van der Waals surface area contributed by atoms with Gasteiger partial charge < -0.3 is 10.1 Å². The lowest BCUT2D eigenvalue weighted by Gasteiger charge is -2.18. The van der Waals surface area contributed by atoms with E-state index in [9.17, 15) is 9.59 Å². The lowest BCUT2D eigenvalue weighted by molar-refractivity contribution is -0.122. The lowest BCUT2D eigenvalue weighted by atomic mass is 10.0. The van der Waals surface area contributed by atoms with Gasteiger partial charge in [0.05, 0.1) is 24.9 Å². The van der Waals surface area contributed by atoms with E-state index >= 15 is 0 Å². The summed E-state index contributed by atoms with van der Waals surface area (Å²) in [4.78, 5) is 29.7. The fraction of sp³-hybridized carbons (Fsp3) is 0.316. The van der Waals surface area contributed by atoms with E-state index in [1.807, 2.05) is 36.6 Å². The van der Waals surface area contributed by atoms with Gasteiger partial charge in [0, 0.05) is 13.0 Å². The Hall–Kier alpha value is -2.67. The van der Waals surface area contributed by atoms with Crippen LogP contribution in [0, 0.1) is 0 Å². The molecule has 0 saturated heterocycles. The van der Waals surface area contributed by atoms with Crippen molar-refractivity contribution in [2.45, 2.75) is 32.4 Å². The van der Waals surface area contributed by atoms with Gasteiger partial charge >= 0.3 is 0 Å². The van der Waals surface area contributed by atoms with Gasteiger partial charge in [-0.2, -0.15) is 0 Å². The van der Waals surface area contributed by atoms with Gasteiger partial charge in [0.1, 0.15) is 10.6 Å². The average molecular weight is 371 g/mol. The summed E-state index contributed by atoms with van der Waals surface area (Å²) in [6.07, 6.45) is 2.51. The Bertz CT molecular complexity index is 947. The molecule has 7 heteroatoms. The van der Waals surface area contributed by atoms with Gasteiger partial charge in [-0.05, 0) is 35.6 Å². The molecule has 0 fully saturated rings. The molecule has 0 aliphatic rings. The van der Waals surface area contributed by atoms with Crippen LogP contribution in [0.1, 0.15) is 31.4 Å². The molecule has 1 atom stereocenters. The highest BCUT2D eigenvalue weighted by molar-refractivity contribution is 7.16. The van der Waals surface area contributed by atoms with E-state index < -0.39 is 0 Å². The molecular weight excluding hydrogens is 350 g/mol. The van der Waals surface area contributed by atoms with Gasteiger partial charge in [-0.25, -0.2) is 4.98 Å². The maximum absolute atomic E-state index is 12.3. The van der Waals surface area contributed by atoms with E-state index in [0.29, 0.717) is 11.9 Å². The third kappa shape index (κ3) is 3.94. The normalized spacial score (nSPS) is 12.1. The van der Waals surface area contributed by atoms with Crippen LogP contribution in [0.25, 0.3) is 10.2 Å². The molecule has 136 valence electrons. The Morgan fingerprint density at radius 3 is 2.77 bits per heavy atom. The van der Waals surface area contributed by atoms with Crippen molar-refractivity contribution in [2.24, 2.45) is 0 Å². The van der Waals surface area contributed by atoms with Crippen LogP contribution in [0.3, 0.4) is 0 Å². The number of thiophene rings is 1. The molecule has 3 rings (SSSR count). The first-order valence-corrected chi connectivity index (χ1v) is 9.36. The number of hydrogen-bond donors (Lipinski definition) is 1. The van der Waals surface area contributed by atoms with Gasteiger partial charge in [-0.1, -0.05) is 19.1 Å². The summed E-state index contributed by atoms with van der Waals surface area (Å²) in [6, 6.07) is 9.36. The molecule has 3 aromatic rings. The molecule has 1 aromatic carbocycles. The number of nitrogens with one attached hydrogen (secondary N) is 1. The quantitative estimate of drug-likeness (QED) is 0.692. The van der Waals surface area contributed by atoms with Crippen LogP contribution in [0.4, 0.5) is 0 Å². The molecule has 1 unspecified atom stereocenters. The Balaban J connectivity index is 1.63. The Kier molecular flexibility index (Phi) is 5.68. The molecular formula is C19H21N3O3S. The second-order valence-electron chi connectivity index (χ2n) is 5.93. The van der Waals surface area contributed by atoms with Gasteiger partial charge in [0.25, 0.3) is 5.56 Å². The summed E-state index contributed by atoms with van der Waals surface area (Å²) >= 11 is 1.43. The molecule has 6 nitrogen and oxygen atoms in total. The second kappa shape index (κ2) is 8.14. The third-order valence-electron chi connectivity index (χ3n) is 4.29. The molecule has 0 aliphatic carbocycles. The zero-order chi connectivity index (χ0) is 18.5. The van der Waals surface area contributed by atoms with Crippen molar-refractivity contribution in [2.75, 3.05) is 7.11 Å². The third-order valence-corrected chi connectivity index (χ3v) is 5.11. The summed E-state index contributed by atoms with van der Waals surface area (Å²) in [5, 5.41) is 5.47. The first kappa shape index (κ1) is 18.1. The first-order valence-electron chi connectivity index (χ1n) is 8.48. The number of aryl methyl sites for hydroxylation is 1. The number of aromatic nitrogens is 2. The zero-order valence-corrected chi connectivity index (χ0v) is 15.6. The van der Waals surface area contributed by atoms with Crippen molar-refractivity contribution < 1.29 is 9.53 Å². The highest BCUT2D eigenvalue weighted by Gasteiger charge is 2.13. The predicted molar refractivity (Wildman–Crippen MR) is 103 cm³/mol. The van der Waals surface area contributed by atoms with Crippen molar-refractivity contribution in [1.82, 2.24) is 14.9 Å². The van der Waals surface area contributed by atoms with Crippen molar-refractivity contribution in [3.05, 3.63) is 58.0 Å². The summed E-state index contributed by atoms with van der Waals surface area (Å²) in [7, 11) is 1.62. The highest BCUT2D eigenvalue weighted by Crippen LogP contribution is 2.20. The van der Waals surface area contributed by atoms with Crippen molar-refractivity contribution in [1.29, 1.82) is 0 Å². The van der Waals surface area contributed by atoms with Crippen LogP contribution in [-0.4, -0.2) is 22.6 Å². The number of hydrogen-bond acceptors (Lipinski definition) is 5. The minimum Gasteiger partial charge on any atom is -0.497 e. The number of amides is 1. The van der Waals surface area contributed by atoms with E-state index in [1.54, 1.807) is 13.2 Å². The number of ether oxygens (including phenoxy) is 1. The Labute approximate surface area is 155 Å². The Morgan fingerprint density at radius 2 is 2.08 bits per heavy atom. The van der Waals surface area contributed by atoms with Crippen molar-refractivity contribution >= 4 is 27.5 Å². The molecule has 0 bridgehead atoms. The molecule has 2 aromatic heterocycles. The minimum absolute atomic E-state index is 0.0670. The second-order valence-corrected chi connectivity index (χ2v) is 6.83. The summed E-state index contributed by atoms with van der Waals surface area (Å²) in [6.45, 7) is 2.33. The van der Waals surface area contributed by atoms with E-state index in [1.165, 1.54) is 22.2 Å². The fourth-order valence-corrected chi connectivity index (χ4v) is 3.52. The van der Waals surface area contributed by atoms with E-state index in [2.05, 4.69) is 10.3 Å². The summed E-state index contributed by atoms with van der Waals surface area (Å²) < 4.78 is 6.65. The summed E-state index contributed by atoms with van der Waals surface area (Å²) in [5.74, 6) is 0.690. The lowest BCUT2D eigenvalue weighted by Crippen LogP contribution is -2.30. The number of fused-ring (bicyclic) bond motifs is 1. The predicted octanol–water partition coefficient (Wildman–Crippen LogP) is 3.12. The maximum Gasteiger partial charge on any atom is 0.262 e. The molecule has 0 aliphatic heterocycles.